The van der Waals surface area contributed by atoms with Crippen LogP contribution < -0.4 is 5.32 Å². The van der Waals surface area contributed by atoms with Crippen LogP contribution in [-0.2, 0) is 16.1 Å². The zero-order valence-electron chi connectivity index (χ0n) is 16.2. The van der Waals surface area contributed by atoms with Gasteiger partial charge in [-0.1, -0.05) is 44.2 Å². The Bertz CT molecular complexity index is 903. The van der Waals surface area contributed by atoms with Crippen molar-refractivity contribution in [2.75, 3.05) is 5.32 Å². The third-order valence-corrected chi connectivity index (χ3v) is 5.62. The van der Waals surface area contributed by atoms with Crippen molar-refractivity contribution in [3.63, 3.8) is 0 Å². The summed E-state index contributed by atoms with van der Waals surface area (Å²) in [6.45, 7) is 4.85. The van der Waals surface area contributed by atoms with Crippen LogP contribution in [0.4, 0.5) is 10.1 Å². The van der Waals surface area contributed by atoms with E-state index in [0.717, 1.165) is 18.4 Å². The minimum atomic E-state index is -0.556. The number of halogens is 1. The van der Waals surface area contributed by atoms with Gasteiger partial charge in [0.05, 0.1) is 5.92 Å². The minimum Gasteiger partial charge on any atom is -0.335 e. The quantitative estimate of drug-likeness (QED) is 0.826. The summed E-state index contributed by atoms with van der Waals surface area (Å²) in [6, 6.07) is 12.9. The highest BCUT2D eigenvalue weighted by Crippen LogP contribution is 2.37. The Labute approximate surface area is 164 Å². The van der Waals surface area contributed by atoms with Gasteiger partial charge in [-0.25, -0.2) is 4.39 Å². The molecule has 1 aliphatic carbocycles. The monoisotopic (exact) mass is 380 g/mol. The average molecular weight is 380 g/mol. The van der Waals surface area contributed by atoms with E-state index in [4.69, 9.17) is 0 Å². The highest BCUT2D eigenvalue weighted by atomic mass is 19.1. The molecule has 1 aliphatic heterocycles. The molecule has 2 aromatic carbocycles. The van der Waals surface area contributed by atoms with E-state index in [-0.39, 0.29) is 24.3 Å². The second-order valence-electron chi connectivity index (χ2n) is 8.13. The van der Waals surface area contributed by atoms with Crippen LogP contribution in [-0.4, -0.2) is 22.8 Å². The van der Waals surface area contributed by atoms with E-state index >= 15 is 0 Å². The first-order valence-electron chi connectivity index (χ1n) is 9.91. The summed E-state index contributed by atoms with van der Waals surface area (Å²) in [4.78, 5) is 27.4. The third-order valence-electron chi connectivity index (χ3n) is 5.62. The molecule has 1 unspecified atom stereocenters. The second kappa shape index (κ2) is 7.38. The molecule has 2 amide bonds. The number of carbonyl (C=O) groups excluding carboxylic acids is 2. The Morgan fingerprint density at radius 3 is 2.54 bits per heavy atom. The lowest BCUT2D eigenvalue weighted by Gasteiger charge is -2.31. The van der Waals surface area contributed by atoms with Crippen molar-refractivity contribution in [3.05, 3.63) is 65.0 Å². The number of amides is 2. The number of fused-ring (bicyclic) bond motifs is 1. The number of benzene rings is 2. The van der Waals surface area contributed by atoms with E-state index in [9.17, 15) is 14.0 Å². The summed E-state index contributed by atoms with van der Waals surface area (Å²) in [5.74, 6) is -0.796. The Balaban J connectivity index is 1.59. The van der Waals surface area contributed by atoms with Crippen LogP contribution in [0.2, 0.25) is 0 Å². The van der Waals surface area contributed by atoms with Crippen LogP contribution in [0.3, 0.4) is 0 Å². The Morgan fingerprint density at radius 2 is 1.89 bits per heavy atom. The van der Waals surface area contributed by atoms with Crippen LogP contribution in [0, 0.1) is 5.82 Å². The van der Waals surface area contributed by atoms with E-state index in [1.807, 2.05) is 4.90 Å². The summed E-state index contributed by atoms with van der Waals surface area (Å²) in [7, 11) is 0. The molecule has 0 bridgehead atoms. The van der Waals surface area contributed by atoms with Gasteiger partial charge >= 0.3 is 0 Å². The van der Waals surface area contributed by atoms with Gasteiger partial charge in [-0.15, -0.1) is 0 Å². The summed E-state index contributed by atoms with van der Waals surface area (Å²) in [5, 5.41) is 2.69. The van der Waals surface area contributed by atoms with Crippen molar-refractivity contribution < 1.29 is 14.0 Å². The number of anilines is 1. The average Bonchev–Trinajstić information content (AvgIpc) is 3.50. The highest BCUT2D eigenvalue weighted by molar-refractivity contribution is 6.01. The molecular formula is C23H25FN2O2. The molecule has 1 saturated carbocycles. The summed E-state index contributed by atoms with van der Waals surface area (Å²) >= 11 is 0. The van der Waals surface area contributed by atoms with Crippen molar-refractivity contribution in [1.29, 1.82) is 0 Å². The van der Waals surface area contributed by atoms with Gasteiger partial charge in [0.15, 0.2) is 0 Å². The fraction of sp³-hybridized carbons (Fsp3) is 0.391. The minimum absolute atomic E-state index is 0.0434. The molecule has 28 heavy (non-hydrogen) atoms. The zero-order valence-corrected chi connectivity index (χ0v) is 16.2. The lowest BCUT2D eigenvalue weighted by Crippen LogP contribution is -2.39. The maximum absolute atomic E-state index is 13.6. The lowest BCUT2D eigenvalue weighted by molar-refractivity contribution is -0.136. The first-order chi connectivity index (χ1) is 13.4. The largest absolute Gasteiger partial charge is 0.335 e. The molecular weight excluding hydrogens is 355 g/mol. The van der Waals surface area contributed by atoms with E-state index in [1.54, 1.807) is 6.07 Å². The van der Waals surface area contributed by atoms with E-state index in [1.165, 1.54) is 17.7 Å². The molecule has 2 aromatic rings. The van der Waals surface area contributed by atoms with Gasteiger partial charge in [0.2, 0.25) is 11.8 Å². The van der Waals surface area contributed by atoms with Gasteiger partial charge in [0.25, 0.3) is 0 Å². The second-order valence-corrected chi connectivity index (χ2v) is 8.13. The van der Waals surface area contributed by atoms with Crippen molar-refractivity contribution in [1.82, 2.24) is 4.90 Å². The highest BCUT2D eigenvalue weighted by Gasteiger charge is 2.39. The number of hydrogen-bond acceptors (Lipinski definition) is 2. The molecule has 0 saturated heterocycles. The summed E-state index contributed by atoms with van der Waals surface area (Å²) in [5.41, 5.74) is 3.47. The fourth-order valence-corrected chi connectivity index (χ4v) is 3.84. The molecule has 0 aromatic heterocycles. The van der Waals surface area contributed by atoms with Gasteiger partial charge in [-0.3, -0.25) is 9.59 Å². The Morgan fingerprint density at radius 1 is 1.18 bits per heavy atom. The molecule has 4 rings (SSSR count). The van der Waals surface area contributed by atoms with Crippen molar-refractivity contribution in [3.8, 4) is 0 Å². The van der Waals surface area contributed by atoms with Gasteiger partial charge in [-0.05, 0) is 47.6 Å². The van der Waals surface area contributed by atoms with Gasteiger partial charge in [0.1, 0.15) is 5.82 Å². The molecule has 4 nitrogen and oxygen atoms in total. The Hall–Kier alpha value is -2.69. The number of hydrogen-bond donors (Lipinski definition) is 1. The molecule has 0 radical (unpaired) electrons. The van der Waals surface area contributed by atoms with Crippen LogP contribution in [0.5, 0.6) is 0 Å². The van der Waals surface area contributed by atoms with Gasteiger partial charge < -0.3 is 10.2 Å². The normalized spacial score (nSPS) is 18.6. The molecule has 1 fully saturated rings. The van der Waals surface area contributed by atoms with Crippen LogP contribution in [0.15, 0.2) is 42.5 Å². The maximum atomic E-state index is 13.6. The molecule has 2 aliphatic rings. The smallest absolute Gasteiger partial charge is 0.231 e. The first kappa shape index (κ1) is 18.7. The zero-order chi connectivity index (χ0) is 19.8. The number of carbonyl (C=O) groups is 2. The first-order valence-corrected chi connectivity index (χ1v) is 9.91. The van der Waals surface area contributed by atoms with Crippen molar-refractivity contribution in [2.24, 2.45) is 0 Å². The van der Waals surface area contributed by atoms with E-state index in [0.29, 0.717) is 23.7 Å². The van der Waals surface area contributed by atoms with E-state index < -0.39 is 11.7 Å². The van der Waals surface area contributed by atoms with Gasteiger partial charge in [-0.2, -0.15) is 0 Å². The van der Waals surface area contributed by atoms with Crippen molar-refractivity contribution >= 4 is 17.5 Å². The van der Waals surface area contributed by atoms with Gasteiger partial charge in [0, 0.05) is 24.7 Å². The predicted molar refractivity (Wildman–Crippen MR) is 106 cm³/mol. The molecule has 1 atom stereocenters. The Kier molecular flexibility index (Phi) is 4.92. The predicted octanol–water partition coefficient (Wildman–Crippen LogP) is 4.57. The van der Waals surface area contributed by atoms with Crippen LogP contribution >= 0.6 is 0 Å². The summed E-state index contributed by atoms with van der Waals surface area (Å²) < 4.78 is 13.6. The molecule has 1 N–H and O–H groups in total. The molecule has 0 spiro atoms. The van der Waals surface area contributed by atoms with E-state index in [2.05, 4.69) is 43.4 Å². The van der Waals surface area contributed by atoms with Crippen LogP contribution in [0.1, 0.15) is 61.6 Å². The standard InChI is InChI=1S/C23H25FN2O2/c1-14(2)16-5-3-15(4-6-16)13-26(18-8-9-18)23(28)20-12-22(27)25-21-11-17(24)7-10-19(20)21/h3-7,10-11,14,18,20H,8-9,12-13H2,1-2H3,(H,25,27). The number of nitrogens with zero attached hydrogens (tertiary/aromatic N) is 1. The molecule has 1 heterocycles. The third kappa shape index (κ3) is 3.79. The molecule has 146 valence electrons. The van der Waals surface area contributed by atoms with Crippen molar-refractivity contribution in [2.45, 2.75) is 57.5 Å². The number of nitrogens with one attached hydrogen (secondary N) is 1. The summed E-state index contributed by atoms with van der Waals surface area (Å²) in [6.07, 6.45) is 2.09. The fourth-order valence-electron chi connectivity index (χ4n) is 3.84. The SMILES string of the molecule is CC(C)c1ccc(CN(C(=O)C2CC(=O)Nc3cc(F)ccc32)C2CC2)cc1. The van der Waals surface area contributed by atoms with Crippen LogP contribution in [0.25, 0.3) is 0 Å². The lowest BCUT2D eigenvalue weighted by atomic mass is 9.89. The topological polar surface area (TPSA) is 49.4 Å². The number of rotatable bonds is 5. The molecule has 5 heteroatoms. The maximum Gasteiger partial charge on any atom is 0.231 e.